The van der Waals surface area contributed by atoms with E-state index >= 15 is 0 Å². The molecule has 21 heavy (non-hydrogen) atoms. The second-order valence-corrected chi connectivity index (χ2v) is 6.18. The van der Waals surface area contributed by atoms with E-state index in [1.54, 1.807) is 0 Å². The molecule has 1 rings (SSSR count). The molecular weight excluding hydrogens is 260 g/mol. The minimum atomic E-state index is 0.0116. The number of nitrogens with zero attached hydrogens (tertiary/aromatic N) is 2. The maximum absolute atomic E-state index is 11.5. The molecule has 118 valence electrons. The Labute approximate surface area is 129 Å². The van der Waals surface area contributed by atoms with Crippen molar-refractivity contribution in [3.05, 3.63) is 35.4 Å². The molecule has 0 amide bonds. The van der Waals surface area contributed by atoms with Gasteiger partial charge in [-0.25, -0.2) is 0 Å². The third-order valence-corrected chi connectivity index (χ3v) is 4.10. The number of likely N-dealkylation sites (N-methyl/N-ethyl adjacent to an activating group) is 1. The number of benzene rings is 1. The molecule has 3 heteroatoms. The highest BCUT2D eigenvalue weighted by molar-refractivity contribution is 5.58. The molecule has 0 saturated heterocycles. The van der Waals surface area contributed by atoms with Crippen molar-refractivity contribution in [2.45, 2.75) is 45.8 Å². The van der Waals surface area contributed by atoms with Crippen molar-refractivity contribution in [1.82, 2.24) is 9.80 Å². The summed E-state index contributed by atoms with van der Waals surface area (Å²) < 4.78 is 0. The van der Waals surface area contributed by atoms with Crippen molar-refractivity contribution >= 4 is 6.29 Å². The summed E-state index contributed by atoms with van der Waals surface area (Å²) in [7, 11) is 6.21. The normalized spacial score (nSPS) is 13.1. The zero-order chi connectivity index (χ0) is 15.8. The Hall–Kier alpha value is -1.19. The first kappa shape index (κ1) is 17.9. The van der Waals surface area contributed by atoms with Crippen molar-refractivity contribution in [1.29, 1.82) is 0 Å². The summed E-state index contributed by atoms with van der Waals surface area (Å²) in [5.74, 6) is 0.442. The predicted molar refractivity (Wildman–Crippen MR) is 89.2 cm³/mol. The number of aldehydes is 1. The van der Waals surface area contributed by atoms with E-state index in [0.29, 0.717) is 5.92 Å². The van der Waals surface area contributed by atoms with E-state index in [4.69, 9.17) is 0 Å². The van der Waals surface area contributed by atoms with Gasteiger partial charge in [-0.3, -0.25) is 4.90 Å². The molecule has 0 aliphatic carbocycles. The third-order valence-electron chi connectivity index (χ3n) is 4.10. The fraction of sp³-hybridized carbons (Fsp3) is 0.611. The molecule has 0 radical (unpaired) electrons. The number of carbonyl (C=O) groups is 1. The van der Waals surface area contributed by atoms with Crippen molar-refractivity contribution in [3.8, 4) is 0 Å². The van der Waals surface area contributed by atoms with E-state index < -0.39 is 0 Å². The highest BCUT2D eigenvalue weighted by Gasteiger charge is 2.22. The summed E-state index contributed by atoms with van der Waals surface area (Å²) in [6, 6.07) is 8.66. The lowest BCUT2D eigenvalue weighted by Gasteiger charge is -2.29. The number of hydrogen-bond acceptors (Lipinski definition) is 3. The molecule has 1 aromatic rings. The first-order valence-corrected chi connectivity index (χ1v) is 7.89. The zero-order valence-corrected chi connectivity index (χ0v) is 14.2. The van der Waals surface area contributed by atoms with Gasteiger partial charge in [0.25, 0.3) is 0 Å². The molecule has 0 aliphatic rings. The lowest BCUT2D eigenvalue weighted by Crippen LogP contribution is -2.38. The standard InChI is InChI=1S/C18H30N2O/c1-6-17(7-2)18(14-21)20(5)13-16-10-8-9-15(11-16)12-19(3)4/h8-11,14,17-18H,6-7,12-13H2,1-5H3. The lowest BCUT2D eigenvalue weighted by atomic mass is 9.94. The first-order valence-electron chi connectivity index (χ1n) is 7.89. The molecule has 0 spiro atoms. The summed E-state index contributed by atoms with van der Waals surface area (Å²) in [4.78, 5) is 15.8. The van der Waals surface area contributed by atoms with Gasteiger partial charge in [0.05, 0.1) is 6.04 Å². The Bertz CT molecular complexity index is 427. The molecule has 0 fully saturated rings. The maximum Gasteiger partial charge on any atom is 0.137 e. The largest absolute Gasteiger partial charge is 0.305 e. The number of rotatable bonds is 9. The smallest absolute Gasteiger partial charge is 0.137 e. The van der Waals surface area contributed by atoms with Gasteiger partial charge in [-0.1, -0.05) is 51.0 Å². The summed E-state index contributed by atoms with van der Waals surface area (Å²) >= 11 is 0. The molecular formula is C18H30N2O. The minimum Gasteiger partial charge on any atom is -0.305 e. The van der Waals surface area contributed by atoms with Crippen LogP contribution < -0.4 is 0 Å². The Kier molecular flexibility index (Phi) is 7.62. The topological polar surface area (TPSA) is 23.6 Å². The molecule has 0 saturated carbocycles. The van der Waals surface area contributed by atoms with Crippen LogP contribution in [0.4, 0.5) is 0 Å². The number of hydrogen-bond donors (Lipinski definition) is 0. The molecule has 0 N–H and O–H groups in total. The van der Waals surface area contributed by atoms with Crippen molar-refractivity contribution in [2.24, 2.45) is 5.92 Å². The van der Waals surface area contributed by atoms with E-state index in [2.05, 4.69) is 69.1 Å². The van der Waals surface area contributed by atoms with Crippen molar-refractivity contribution in [2.75, 3.05) is 21.1 Å². The van der Waals surface area contributed by atoms with E-state index in [-0.39, 0.29) is 6.04 Å². The summed E-state index contributed by atoms with van der Waals surface area (Å²) in [6.07, 6.45) is 3.21. The average molecular weight is 290 g/mol. The Morgan fingerprint density at radius 2 is 1.62 bits per heavy atom. The fourth-order valence-electron chi connectivity index (χ4n) is 2.93. The molecule has 0 heterocycles. The van der Waals surface area contributed by atoms with Crippen LogP contribution in [0, 0.1) is 5.92 Å². The second kappa shape index (κ2) is 8.96. The quantitative estimate of drug-likeness (QED) is 0.653. The van der Waals surface area contributed by atoms with E-state index in [1.165, 1.54) is 11.1 Å². The summed E-state index contributed by atoms with van der Waals surface area (Å²) in [5, 5.41) is 0. The van der Waals surface area contributed by atoms with Crippen molar-refractivity contribution < 1.29 is 4.79 Å². The third kappa shape index (κ3) is 5.60. The predicted octanol–water partition coefficient (Wildman–Crippen LogP) is 3.18. The molecule has 0 bridgehead atoms. The first-order chi connectivity index (χ1) is 10.0. The van der Waals surface area contributed by atoms with Crippen LogP contribution in [-0.2, 0) is 17.9 Å². The Balaban J connectivity index is 2.76. The van der Waals surface area contributed by atoms with Gasteiger partial charge in [-0.05, 0) is 38.2 Å². The zero-order valence-electron chi connectivity index (χ0n) is 14.2. The molecule has 1 aromatic carbocycles. The van der Waals surface area contributed by atoms with Crippen LogP contribution in [0.15, 0.2) is 24.3 Å². The van der Waals surface area contributed by atoms with Gasteiger partial charge in [0.1, 0.15) is 6.29 Å². The van der Waals surface area contributed by atoms with Crippen LogP contribution in [0.5, 0.6) is 0 Å². The van der Waals surface area contributed by atoms with E-state index in [9.17, 15) is 4.79 Å². The average Bonchev–Trinajstić information content (AvgIpc) is 2.44. The summed E-state index contributed by atoms with van der Waals surface area (Å²) in [5.41, 5.74) is 2.59. The van der Waals surface area contributed by atoms with Gasteiger partial charge in [0.2, 0.25) is 0 Å². The van der Waals surface area contributed by atoms with Crippen LogP contribution in [0.2, 0.25) is 0 Å². The van der Waals surface area contributed by atoms with Gasteiger partial charge in [-0.2, -0.15) is 0 Å². The molecule has 1 unspecified atom stereocenters. The molecule has 0 aromatic heterocycles. The van der Waals surface area contributed by atoms with E-state index in [1.807, 2.05) is 0 Å². The fourth-order valence-corrected chi connectivity index (χ4v) is 2.93. The lowest BCUT2D eigenvalue weighted by molar-refractivity contribution is -0.114. The van der Waals surface area contributed by atoms with Gasteiger partial charge in [0, 0.05) is 13.1 Å². The van der Waals surface area contributed by atoms with Gasteiger partial charge in [0.15, 0.2) is 0 Å². The van der Waals surface area contributed by atoms with Crippen LogP contribution in [0.3, 0.4) is 0 Å². The molecule has 3 nitrogen and oxygen atoms in total. The Morgan fingerprint density at radius 3 is 2.10 bits per heavy atom. The summed E-state index contributed by atoms with van der Waals surface area (Å²) in [6.45, 7) is 6.09. The minimum absolute atomic E-state index is 0.0116. The second-order valence-electron chi connectivity index (χ2n) is 6.18. The van der Waals surface area contributed by atoms with Gasteiger partial charge >= 0.3 is 0 Å². The monoisotopic (exact) mass is 290 g/mol. The van der Waals surface area contributed by atoms with Crippen LogP contribution >= 0.6 is 0 Å². The van der Waals surface area contributed by atoms with E-state index in [0.717, 1.165) is 32.2 Å². The van der Waals surface area contributed by atoms with Crippen molar-refractivity contribution in [3.63, 3.8) is 0 Å². The van der Waals surface area contributed by atoms with Crippen LogP contribution in [0.1, 0.15) is 37.8 Å². The SMILES string of the molecule is CCC(CC)C(C=O)N(C)Cc1cccc(CN(C)C)c1. The van der Waals surface area contributed by atoms with Gasteiger partial charge in [-0.15, -0.1) is 0 Å². The van der Waals surface area contributed by atoms with Crippen LogP contribution in [-0.4, -0.2) is 43.3 Å². The Morgan fingerprint density at radius 1 is 1.05 bits per heavy atom. The molecule has 1 atom stereocenters. The highest BCUT2D eigenvalue weighted by atomic mass is 16.1. The van der Waals surface area contributed by atoms with Gasteiger partial charge < -0.3 is 9.69 Å². The number of carbonyl (C=O) groups excluding carboxylic acids is 1. The highest BCUT2D eigenvalue weighted by Crippen LogP contribution is 2.18. The maximum atomic E-state index is 11.5. The van der Waals surface area contributed by atoms with Crippen LogP contribution in [0.25, 0.3) is 0 Å². The molecule has 0 aliphatic heterocycles.